The molecule has 3 heterocycles. The Bertz CT molecular complexity index is 1440. The number of hydrogen-bond acceptors (Lipinski definition) is 6. The van der Waals surface area contributed by atoms with E-state index in [2.05, 4.69) is 39.3 Å². The number of aromatic nitrogens is 3. The molecule has 164 valence electrons. The van der Waals surface area contributed by atoms with E-state index >= 15 is 0 Å². The van der Waals surface area contributed by atoms with Crippen molar-refractivity contribution in [1.29, 1.82) is 0 Å². The van der Waals surface area contributed by atoms with Crippen LogP contribution in [0.4, 0.5) is 5.82 Å². The lowest BCUT2D eigenvalue weighted by Gasteiger charge is -2.17. The van der Waals surface area contributed by atoms with Crippen molar-refractivity contribution < 1.29 is 9.90 Å². The molecule has 3 aromatic heterocycles. The molecule has 0 bridgehead atoms. The highest BCUT2D eigenvalue weighted by Gasteiger charge is 2.24. The standard InChI is InChI=1S/C26H22N4O2S/c1-2-21-22(18-10-6-12-19-17(18)11-7-13-27-19)23-24(28-15-29-25(23)33-21)30-20(26(31)32)14-16-8-4-3-5-9-16/h3-13,15,20H,2,14H2,1H3,(H,31,32)(H,28,29,30). The van der Waals surface area contributed by atoms with Crippen LogP contribution in [-0.4, -0.2) is 32.1 Å². The van der Waals surface area contributed by atoms with Crippen LogP contribution < -0.4 is 5.32 Å². The second-order valence-corrected chi connectivity index (χ2v) is 8.84. The van der Waals surface area contributed by atoms with Crippen LogP contribution in [0.15, 0.2) is 73.2 Å². The number of aliphatic carboxylic acids is 1. The van der Waals surface area contributed by atoms with Crippen LogP contribution >= 0.6 is 11.3 Å². The Balaban J connectivity index is 1.66. The molecule has 0 saturated heterocycles. The van der Waals surface area contributed by atoms with Gasteiger partial charge in [-0.05, 0) is 29.7 Å². The number of benzene rings is 2. The molecule has 2 aromatic carbocycles. The van der Waals surface area contributed by atoms with Gasteiger partial charge in [-0.3, -0.25) is 4.98 Å². The minimum absolute atomic E-state index is 0.347. The zero-order valence-electron chi connectivity index (χ0n) is 18.0. The Morgan fingerprint density at radius 2 is 1.88 bits per heavy atom. The van der Waals surface area contributed by atoms with Gasteiger partial charge in [-0.2, -0.15) is 0 Å². The van der Waals surface area contributed by atoms with Gasteiger partial charge in [0.05, 0.1) is 10.9 Å². The van der Waals surface area contributed by atoms with E-state index in [9.17, 15) is 9.90 Å². The first kappa shape index (κ1) is 21.0. The van der Waals surface area contributed by atoms with Crippen molar-refractivity contribution in [3.05, 3.63) is 83.6 Å². The summed E-state index contributed by atoms with van der Waals surface area (Å²) in [6.07, 6.45) is 4.46. The van der Waals surface area contributed by atoms with Gasteiger partial charge in [0.1, 0.15) is 23.0 Å². The number of thiophene rings is 1. The Hall–Kier alpha value is -3.84. The molecule has 1 unspecified atom stereocenters. The normalized spacial score (nSPS) is 12.2. The number of carboxylic acid groups (broad SMARTS) is 1. The maximum absolute atomic E-state index is 12.1. The summed E-state index contributed by atoms with van der Waals surface area (Å²) in [5, 5.41) is 15.0. The van der Waals surface area contributed by atoms with Crippen LogP contribution in [0.25, 0.3) is 32.2 Å². The predicted molar refractivity (Wildman–Crippen MR) is 133 cm³/mol. The maximum Gasteiger partial charge on any atom is 0.326 e. The third-order valence-corrected chi connectivity index (χ3v) is 6.93. The molecular formula is C26H22N4O2S. The Morgan fingerprint density at radius 1 is 1.03 bits per heavy atom. The van der Waals surface area contributed by atoms with Crippen LogP contribution in [0.2, 0.25) is 0 Å². The third kappa shape index (κ3) is 4.03. The molecule has 5 rings (SSSR count). The van der Waals surface area contributed by atoms with Crippen LogP contribution in [0.1, 0.15) is 17.4 Å². The van der Waals surface area contributed by atoms with Crippen molar-refractivity contribution in [1.82, 2.24) is 15.0 Å². The van der Waals surface area contributed by atoms with Gasteiger partial charge >= 0.3 is 5.97 Å². The third-order valence-electron chi connectivity index (χ3n) is 5.69. The molecule has 0 spiro atoms. The zero-order valence-corrected chi connectivity index (χ0v) is 18.8. The maximum atomic E-state index is 12.1. The molecule has 0 fully saturated rings. The van der Waals surface area contributed by atoms with Crippen LogP contribution in [0.5, 0.6) is 0 Å². The zero-order chi connectivity index (χ0) is 22.8. The van der Waals surface area contributed by atoms with Crippen molar-refractivity contribution in [2.24, 2.45) is 0 Å². The van der Waals surface area contributed by atoms with Gasteiger partial charge in [-0.1, -0.05) is 55.5 Å². The highest BCUT2D eigenvalue weighted by molar-refractivity contribution is 7.19. The topological polar surface area (TPSA) is 88.0 Å². The molecule has 6 nitrogen and oxygen atoms in total. The first-order valence-electron chi connectivity index (χ1n) is 10.8. The molecule has 0 aliphatic carbocycles. The minimum Gasteiger partial charge on any atom is -0.480 e. The van der Waals surface area contributed by atoms with E-state index in [1.165, 1.54) is 11.2 Å². The molecular weight excluding hydrogens is 432 g/mol. The van der Waals surface area contributed by atoms with Crippen LogP contribution in [0.3, 0.4) is 0 Å². The fraction of sp³-hybridized carbons (Fsp3) is 0.154. The van der Waals surface area contributed by atoms with Crippen LogP contribution in [0, 0.1) is 0 Å². The summed E-state index contributed by atoms with van der Waals surface area (Å²) in [6, 6.07) is 18.9. The highest BCUT2D eigenvalue weighted by Crippen LogP contribution is 2.43. The Morgan fingerprint density at radius 3 is 2.67 bits per heavy atom. The molecule has 5 aromatic rings. The van der Waals surface area contributed by atoms with Gasteiger partial charge in [-0.15, -0.1) is 11.3 Å². The average Bonchev–Trinajstić information content (AvgIpc) is 3.23. The number of nitrogens with zero attached hydrogens (tertiary/aromatic N) is 3. The monoisotopic (exact) mass is 454 g/mol. The second-order valence-electron chi connectivity index (χ2n) is 7.76. The summed E-state index contributed by atoms with van der Waals surface area (Å²) in [5.41, 5.74) is 3.96. The summed E-state index contributed by atoms with van der Waals surface area (Å²) < 4.78 is 0. The molecule has 0 saturated carbocycles. The summed E-state index contributed by atoms with van der Waals surface area (Å²) >= 11 is 1.62. The lowest BCUT2D eigenvalue weighted by atomic mass is 9.97. The molecule has 33 heavy (non-hydrogen) atoms. The number of carboxylic acids is 1. The smallest absolute Gasteiger partial charge is 0.326 e. The van der Waals surface area contributed by atoms with Crippen molar-refractivity contribution in [2.45, 2.75) is 25.8 Å². The number of carbonyl (C=O) groups is 1. The van der Waals surface area contributed by atoms with Gasteiger partial charge in [0.25, 0.3) is 0 Å². The number of pyridine rings is 1. The number of hydrogen-bond donors (Lipinski definition) is 2. The fourth-order valence-electron chi connectivity index (χ4n) is 4.16. The fourth-order valence-corrected chi connectivity index (χ4v) is 5.25. The minimum atomic E-state index is -0.924. The molecule has 0 aliphatic rings. The van der Waals surface area contributed by atoms with Gasteiger partial charge in [-0.25, -0.2) is 14.8 Å². The van der Waals surface area contributed by atoms with E-state index in [1.54, 1.807) is 17.5 Å². The summed E-state index contributed by atoms with van der Waals surface area (Å²) in [6.45, 7) is 2.12. The predicted octanol–water partition coefficient (Wildman–Crippen LogP) is 5.58. The molecule has 7 heteroatoms. The number of fused-ring (bicyclic) bond motifs is 2. The first-order valence-corrected chi connectivity index (χ1v) is 11.6. The Labute approximate surface area is 195 Å². The summed E-state index contributed by atoms with van der Waals surface area (Å²) in [5.74, 6) is -0.386. The lowest BCUT2D eigenvalue weighted by molar-refractivity contribution is -0.137. The van der Waals surface area contributed by atoms with Crippen molar-refractivity contribution >= 4 is 44.2 Å². The number of rotatable bonds is 7. The second kappa shape index (κ2) is 8.96. The van der Waals surface area contributed by atoms with Gasteiger partial charge < -0.3 is 10.4 Å². The number of anilines is 1. The quantitative estimate of drug-likeness (QED) is 0.334. The van der Waals surface area contributed by atoms with Crippen molar-refractivity contribution in [3.8, 4) is 11.1 Å². The van der Waals surface area contributed by atoms with Gasteiger partial charge in [0.2, 0.25) is 0 Å². The Kier molecular flexibility index (Phi) is 5.71. The van der Waals surface area contributed by atoms with E-state index < -0.39 is 12.0 Å². The lowest BCUT2D eigenvalue weighted by Crippen LogP contribution is -2.32. The van der Waals surface area contributed by atoms with Crippen molar-refractivity contribution in [2.75, 3.05) is 5.32 Å². The summed E-state index contributed by atoms with van der Waals surface area (Å²) in [4.78, 5) is 27.7. The number of aryl methyl sites for hydroxylation is 1. The molecule has 0 radical (unpaired) electrons. The van der Waals surface area contributed by atoms with Gasteiger partial charge in [0, 0.05) is 28.4 Å². The van der Waals surface area contributed by atoms with E-state index in [0.29, 0.717) is 12.2 Å². The largest absolute Gasteiger partial charge is 0.480 e. The SMILES string of the molecule is CCc1sc2ncnc(NC(Cc3ccccc3)C(=O)O)c2c1-c1cccc2ncccc12. The number of nitrogens with one attached hydrogen (secondary N) is 1. The molecule has 2 N–H and O–H groups in total. The first-order chi connectivity index (χ1) is 16.2. The molecule has 0 aliphatic heterocycles. The molecule has 1 atom stereocenters. The average molecular weight is 455 g/mol. The van der Waals surface area contributed by atoms with E-state index in [4.69, 9.17) is 0 Å². The highest BCUT2D eigenvalue weighted by atomic mass is 32.1. The van der Waals surface area contributed by atoms with Crippen LogP contribution in [-0.2, 0) is 17.6 Å². The summed E-state index contributed by atoms with van der Waals surface area (Å²) in [7, 11) is 0. The van der Waals surface area contributed by atoms with E-state index in [0.717, 1.165) is 44.2 Å². The van der Waals surface area contributed by atoms with E-state index in [1.807, 2.05) is 48.5 Å². The van der Waals surface area contributed by atoms with Gasteiger partial charge in [0.15, 0.2) is 0 Å². The van der Waals surface area contributed by atoms with Crippen molar-refractivity contribution in [3.63, 3.8) is 0 Å². The molecule has 0 amide bonds. The van der Waals surface area contributed by atoms with E-state index in [-0.39, 0.29) is 0 Å².